The molecule has 0 radical (unpaired) electrons. The number of nitrogens with zero attached hydrogens (tertiary/aromatic N) is 1. The number of pyridine rings is 1. The van der Waals surface area contributed by atoms with E-state index in [-0.39, 0.29) is 17.0 Å². The Labute approximate surface area is 63.7 Å². The van der Waals surface area contributed by atoms with E-state index in [9.17, 15) is 4.39 Å². The van der Waals surface area contributed by atoms with Crippen LogP contribution >= 0.6 is 17.0 Å². The second-order valence-electron chi connectivity index (χ2n) is 1.45. The highest BCUT2D eigenvalue weighted by Crippen LogP contribution is 1.93. The molecule has 0 aliphatic rings. The van der Waals surface area contributed by atoms with Crippen LogP contribution in [0.25, 0.3) is 0 Å². The molecule has 0 unspecified atom stereocenters. The Morgan fingerprint density at radius 3 is 2.56 bits per heavy atom. The average Bonchev–Trinajstić information content (AvgIpc) is 1.90. The molecule has 1 heterocycles. The zero-order valence-corrected chi connectivity index (χ0v) is 6.46. The van der Waals surface area contributed by atoms with E-state index in [1.54, 1.807) is 24.4 Å². The van der Waals surface area contributed by atoms with Crippen LogP contribution in [0.5, 0.6) is 0 Å². The van der Waals surface area contributed by atoms with E-state index >= 15 is 0 Å². The summed E-state index contributed by atoms with van der Waals surface area (Å²) in [6, 6.07) is 5.18. The minimum absolute atomic E-state index is 0. The molecule has 1 aromatic heterocycles. The van der Waals surface area contributed by atoms with Crippen LogP contribution in [-0.2, 0) is 6.67 Å². The molecule has 0 saturated heterocycles. The monoisotopic (exact) mass is 191 g/mol. The van der Waals surface area contributed by atoms with E-state index in [1.165, 1.54) is 0 Å². The number of alkyl halides is 1. The molecule has 0 saturated carbocycles. The van der Waals surface area contributed by atoms with E-state index in [2.05, 4.69) is 4.98 Å². The zero-order chi connectivity index (χ0) is 5.82. The number of hydrogen-bond acceptors (Lipinski definition) is 1. The minimum Gasteiger partial charge on any atom is -0.259 e. The van der Waals surface area contributed by atoms with Crippen LogP contribution in [0.3, 0.4) is 0 Å². The quantitative estimate of drug-likeness (QED) is 0.664. The zero-order valence-electron chi connectivity index (χ0n) is 4.75. The van der Waals surface area contributed by atoms with Crippen molar-refractivity contribution in [2.24, 2.45) is 0 Å². The second-order valence-corrected chi connectivity index (χ2v) is 1.45. The largest absolute Gasteiger partial charge is 0.259 e. The standard InChI is InChI=1S/C6H6FN.BrH/c7-5-6-3-1-2-4-8-6;/h1-4H,5H2;1H. The van der Waals surface area contributed by atoms with Crippen molar-refractivity contribution in [1.82, 2.24) is 4.98 Å². The van der Waals surface area contributed by atoms with E-state index in [4.69, 9.17) is 0 Å². The number of hydrogen-bond donors (Lipinski definition) is 0. The SMILES string of the molecule is Br.FCc1ccccn1. The molecule has 3 heteroatoms. The Balaban J connectivity index is 0.000000640. The van der Waals surface area contributed by atoms with Gasteiger partial charge in [-0.15, -0.1) is 17.0 Å². The van der Waals surface area contributed by atoms with Gasteiger partial charge in [-0.1, -0.05) is 6.07 Å². The third kappa shape index (κ3) is 2.56. The van der Waals surface area contributed by atoms with Gasteiger partial charge in [-0.2, -0.15) is 0 Å². The molecular formula is C6H7BrFN. The Hall–Kier alpha value is -0.440. The fourth-order valence-electron chi connectivity index (χ4n) is 0.477. The highest BCUT2D eigenvalue weighted by molar-refractivity contribution is 8.93. The lowest BCUT2D eigenvalue weighted by Crippen LogP contribution is -1.80. The number of rotatable bonds is 1. The van der Waals surface area contributed by atoms with Crippen molar-refractivity contribution in [3.63, 3.8) is 0 Å². The van der Waals surface area contributed by atoms with Crippen molar-refractivity contribution >= 4 is 17.0 Å². The number of aromatic nitrogens is 1. The summed E-state index contributed by atoms with van der Waals surface area (Å²) in [5.41, 5.74) is 0.493. The molecule has 0 atom stereocenters. The summed E-state index contributed by atoms with van der Waals surface area (Å²) in [5.74, 6) is 0. The minimum atomic E-state index is -0.471. The fourth-order valence-corrected chi connectivity index (χ4v) is 0.477. The van der Waals surface area contributed by atoms with Gasteiger partial charge in [0.15, 0.2) is 0 Å². The van der Waals surface area contributed by atoms with Crippen LogP contribution in [0.2, 0.25) is 0 Å². The third-order valence-corrected chi connectivity index (χ3v) is 0.863. The van der Waals surface area contributed by atoms with Crippen LogP contribution < -0.4 is 0 Å². The Bertz CT molecular complexity index is 154. The van der Waals surface area contributed by atoms with Gasteiger partial charge < -0.3 is 0 Å². The van der Waals surface area contributed by atoms with Crippen molar-refractivity contribution in [1.29, 1.82) is 0 Å². The first-order valence-corrected chi connectivity index (χ1v) is 2.39. The molecule has 0 aromatic carbocycles. The summed E-state index contributed by atoms with van der Waals surface area (Å²) < 4.78 is 11.7. The van der Waals surface area contributed by atoms with Gasteiger partial charge in [0.2, 0.25) is 0 Å². The van der Waals surface area contributed by atoms with E-state index in [1.807, 2.05) is 0 Å². The molecule has 1 aromatic rings. The first kappa shape index (κ1) is 8.56. The highest BCUT2D eigenvalue weighted by atomic mass is 79.9. The molecule has 0 aliphatic carbocycles. The van der Waals surface area contributed by atoms with Crippen molar-refractivity contribution < 1.29 is 4.39 Å². The predicted molar refractivity (Wildman–Crippen MR) is 39.4 cm³/mol. The summed E-state index contributed by atoms with van der Waals surface area (Å²) >= 11 is 0. The van der Waals surface area contributed by atoms with Gasteiger partial charge in [-0.25, -0.2) is 4.39 Å². The van der Waals surface area contributed by atoms with Crippen LogP contribution in [-0.4, -0.2) is 4.98 Å². The summed E-state index contributed by atoms with van der Waals surface area (Å²) in [6.45, 7) is -0.471. The molecule has 0 fully saturated rings. The van der Waals surface area contributed by atoms with E-state index in [0.29, 0.717) is 5.69 Å². The molecule has 0 spiro atoms. The average molecular weight is 192 g/mol. The molecule has 0 N–H and O–H groups in total. The molecule has 0 bridgehead atoms. The van der Waals surface area contributed by atoms with Gasteiger partial charge in [0.25, 0.3) is 0 Å². The molecule has 9 heavy (non-hydrogen) atoms. The lowest BCUT2D eigenvalue weighted by Gasteiger charge is -1.86. The van der Waals surface area contributed by atoms with Crippen molar-refractivity contribution in [2.45, 2.75) is 6.67 Å². The number of halogens is 2. The first-order valence-electron chi connectivity index (χ1n) is 2.39. The summed E-state index contributed by atoms with van der Waals surface area (Å²) in [5, 5.41) is 0. The molecule has 50 valence electrons. The second kappa shape index (κ2) is 4.44. The van der Waals surface area contributed by atoms with Gasteiger partial charge in [0, 0.05) is 6.20 Å². The highest BCUT2D eigenvalue weighted by Gasteiger charge is 1.84. The summed E-state index contributed by atoms with van der Waals surface area (Å²) in [4.78, 5) is 3.72. The summed E-state index contributed by atoms with van der Waals surface area (Å²) in [6.07, 6.45) is 1.58. The van der Waals surface area contributed by atoms with Crippen LogP contribution in [0.15, 0.2) is 24.4 Å². The Morgan fingerprint density at radius 1 is 1.44 bits per heavy atom. The predicted octanol–water partition coefficient (Wildman–Crippen LogP) is 2.13. The van der Waals surface area contributed by atoms with E-state index in [0.717, 1.165) is 0 Å². The first-order chi connectivity index (χ1) is 3.93. The van der Waals surface area contributed by atoms with Crippen molar-refractivity contribution in [2.75, 3.05) is 0 Å². The molecule has 0 amide bonds. The van der Waals surface area contributed by atoms with Gasteiger partial charge in [0.05, 0.1) is 5.69 Å². The van der Waals surface area contributed by atoms with Gasteiger partial charge in [-0.3, -0.25) is 4.98 Å². The summed E-state index contributed by atoms with van der Waals surface area (Å²) in [7, 11) is 0. The smallest absolute Gasteiger partial charge is 0.131 e. The Kier molecular flexibility index (Phi) is 4.22. The van der Waals surface area contributed by atoms with Gasteiger partial charge in [-0.05, 0) is 12.1 Å². The third-order valence-electron chi connectivity index (χ3n) is 0.863. The molecule has 1 rings (SSSR count). The lowest BCUT2D eigenvalue weighted by atomic mass is 10.4. The Morgan fingerprint density at radius 2 is 2.22 bits per heavy atom. The molecular weight excluding hydrogens is 185 g/mol. The van der Waals surface area contributed by atoms with Crippen molar-refractivity contribution in [3.8, 4) is 0 Å². The van der Waals surface area contributed by atoms with Crippen LogP contribution in [0.4, 0.5) is 4.39 Å². The topological polar surface area (TPSA) is 12.9 Å². The maximum Gasteiger partial charge on any atom is 0.131 e. The normalized spacial score (nSPS) is 8.11. The molecule has 0 aliphatic heterocycles. The maximum atomic E-state index is 11.7. The van der Waals surface area contributed by atoms with Gasteiger partial charge in [0.1, 0.15) is 6.67 Å². The fraction of sp³-hybridized carbons (Fsp3) is 0.167. The lowest BCUT2D eigenvalue weighted by molar-refractivity contribution is 0.476. The van der Waals surface area contributed by atoms with Crippen LogP contribution in [0, 0.1) is 0 Å². The maximum absolute atomic E-state index is 11.7. The van der Waals surface area contributed by atoms with Crippen LogP contribution in [0.1, 0.15) is 5.69 Å². The van der Waals surface area contributed by atoms with Gasteiger partial charge >= 0.3 is 0 Å². The molecule has 1 nitrogen and oxygen atoms in total. The van der Waals surface area contributed by atoms with Crippen molar-refractivity contribution in [3.05, 3.63) is 30.1 Å². The van der Waals surface area contributed by atoms with E-state index < -0.39 is 6.67 Å².